The summed E-state index contributed by atoms with van der Waals surface area (Å²) >= 11 is 0. The van der Waals surface area contributed by atoms with Crippen LogP contribution in [0.15, 0.2) is 12.2 Å². The molecule has 7 nitrogen and oxygen atoms in total. The summed E-state index contributed by atoms with van der Waals surface area (Å²) in [6.07, 6.45) is 42.8. The van der Waals surface area contributed by atoms with Crippen molar-refractivity contribution in [1.82, 2.24) is 4.90 Å². The third-order valence-corrected chi connectivity index (χ3v) is 11.2. The Balaban J connectivity index is 2.16. The van der Waals surface area contributed by atoms with Gasteiger partial charge in [-0.3, -0.25) is 9.59 Å². The van der Waals surface area contributed by atoms with Crippen LogP contribution in [0.4, 0.5) is 0 Å². The summed E-state index contributed by atoms with van der Waals surface area (Å²) in [5, 5.41) is 0. The molecule has 0 amide bonds. The average Bonchev–Trinajstić information content (AvgIpc) is 3.17. The molecule has 0 spiro atoms. The van der Waals surface area contributed by atoms with Gasteiger partial charge in [0.25, 0.3) is 0 Å². The molecule has 324 valence electrons. The number of carbonyl (C=O) groups excluding carboxylic acids is 2. The fourth-order valence-corrected chi connectivity index (χ4v) is 7.66. The summed E-state index contributed by atoms with van der Waals surface area (Å²) in [7, 11) is 4.10. The predicted octanol–water partition coefficient (Wildman–Crippen LogP) is 13.6. The van der Waals surface area contributed by atoms with Crippen molar-refractivity contribution >= 4 is 11.9 Å². The third kappa shape index (κ3) is 33.3. The minimum Gasteiger partial charge on any atom is -0.462 e. The first-order chi connectivity index (χ1) is 26.9. The number of allylic oxidation sites excluding steroid dienone is 1. The van der Waals surface area contributed by atoms with Crippen LogP contribution in [0.3, 0.4) is 0 Å². The molecule has 0 aliphatic heterocycles. The number of ether oxygens (including phenoxy) is 4. The van der Waals surface area contributed by atoms with Crippen LogP contribution in [0, 0.1) is 0 Å². The van der Waals surface area contributed by atoms with Crippen LogP contribution in [0.25, 0.3) is 0 Å². The van der Waals surface area contributed by atoms with E-state index in [1.807, 2.05) is 20.2 Å². The van der Waals surface area contributed by atoms with Gasteiger partial charge in [-0.1, -0.05) is 142 Å². The Morgan fingerprint density at radius 3 is 1.62 bits per heavy atom. The maximum absolute atomic E-state index is 12.6. The van der Waals surface area contributed by atoms with E-state index in [2.05, 4.69) is 24.8 Å². The summed E-state index contributed by atoms with van der Waals surface area (Å²) in [6.45, 7) is 7.49. The zero-order chi connectivity index (χ0) is 39.9. The highest BCUT2D eigenvalue weighted by Crippen LogP contribution is 2.33. The van der Waals surface area contributed by atoms with E-state index in [4.69, 9.17) is 18.9 Å². The highest BCUT2D eigenvalue weighted by Gasteiger charge is 2.33. The van der Waals surface area contributed by atoms with Crippen LogP contribution >= 0.6 is 0 Å². The minimum atomic E-state index is -0.299. The van der Waals surface area contributed by atoms with Crippen LogP contribution in [0.5, 0.6) is 0 Å². The number of unbranched alkanes of at least 4 members (excludes halogenated alkanes) is 20. The number of rotatable bonds is 40. The van der Waals surface area contributed by atoms with Gasteiger partial charge in [-0.15, -0.1) is 0 Å². The number of nitrogens with zero attached hydrogens (tertiary/aromatic N) is 1. The molecule has 1 rings (SSSR count). The summed E-state index contributed by atoms with van der Waals surface area (Å²) in [5.41, 5.74) is 0. The molecule has 1 atom stereocenters. The molecule has 1 aliphatic carbocycles. The average molecular weight is 778 g/mol. The second kappa shape index (κ2) is 38.1. The molecule has 7 heteroatoms. The van der Waals surface area contributed by atoms with E-state index in [0.29, 0.717) is 19.4 Å². The van der Waals surface area contributed by atoms with Gasteiger partial charge in [-0.2, -0.15) is 0 Å². The standard InChI is InChI=1S/C48H91NO6/c1-5-7-9-11-18-23-31-42-52-46(50)37-28-22-17-14-16-21-27-36-45(55-47(51)38-34-41-49(3)4)35-26-20-15-12-13-19-24-33-44-54-48(39-29-25-30-40-48)53-43-32-10-8-6-2/h23,31,45H,5-22,24-30,32-44H2,1-4H3/b31-23-. The molecular formula is C48H91NO6. The van der Waals surface area contributed by atoms with Gasteiger partial charge in [0.05, 0.1) is 13.2 Å². The highest BCUT2D eigenvalue weighted by atomic mass is 16.7. The molecular weight excluding hydrogens is 687 g/mol. The highest BCUT2D eigenvalue weighted by molar-refractivity contribution is 5.69. The van der Waals surface area contributed by atoms with Crippen LogP contribution in [0.1, 0.15) is 232 Å². The lowest BCUT2D eigenvalue weighted by molar-refractivity contribution is -0.253. The van der Waals surface area contributed by atoms with Crippen molar-refractivity contribution in [1.29, 1.82) is 0 Å². The number of esters is 2. The van der Waals surface area contributed by atoms with E-state index in [9.17, 15) is 9.59 Å². The molecule has 0 bridgehead atoms. The zero-order valence-electron chi connectivity index (χ0n) is 37.0. The number of hydrogen-bond donors (Lipinski definition) is 0. The van der Waals surface area contributed by atoms with E-state index in [1.54, 1.807) is 0 Å². The molecule has 1 aliphatic rings. The molecule has 0 heterocycles. The fraction of sp³-hybridized carbons (Fsp3) is 0.917. The van der Waals surface area contributed by atoms with E-state index in [1.165, 1.54) is 122 Å². The van der Waals surface area contributed by atoms with Crippen molar-refractivity contribution in [3.63, 3.8) is 0 Å². The van der Waals surface area contributed by atoms with E-state index >= 15 is 0 Å². The molecule has 55 heavy (non-hydrogen) atoms. The molecule has 0 aromatic carbocycles. The predicted molar refractivity (Wildman–Crippen MR) is 231 cm³/mol. The Labute approximate surface area is 341 Å². The molecule has 1 fully saturated rings. The maximum atomic E-state index is 12.6. The molecule has 0 saturated heterocycles. The lowest BCUT2D eigenvalue weighted by Crippen LogP contribution is -2.38. The van der Waals surface area contributed by atoms with Crippen molar-refractivity contribution in [2.75, 3.05) is 40.5 Å². The Morgan fingerprint density at radius 1 is 0.564 bits per heavy atom. The Hall–Kier alpha value is -1.44. The second-order valence-corrected chi connectivity index (χ2v) is 16.9. The SMILES string of the molecule is CCCCCC/C=C\COC(=O)CCCCCCCCCC(CCCCCCCCCCOC1(OCCCCCC)CCCCC1)OC(=O)CCCN(C)C. The number of hydrogen-bond acceptors (Lipinski definition) is 7. The normalized spacial score (nSPS) is 14.9. The summed E-state index contributed by atoms with van der Waals surface area (Å²) < 4.78 is 24.2. The maximum Gasteiger partial charge on any atom is 0.306 e. The van der Waals surface area contributed by atoms with E-state index in [-0.39, 0.29) is 23.8 Å². The number of carbonyl (C=O) groups is 2. The Kier molecular flexibility index (Phi) is 35.7. The van der Waals surface area contributed by atoms with Gasteiger partial charge in [-0.05, 0) is 97.7 Å². The first-order valence-electron chi connectivity index (χ1n) is 23.8. The zero-order valence-corrected chi connectivity index (χ0v) is 37.0. The van der Waals surface area contributed by atoms with Gasteiger partial charge >= 0.3 is 11.9 Å². The van der Waals surface area contributed by atoms with Gasteiger partial charge in [0.15, 0.2) is 5.79 Å². The quantitative estimate of drug-likeness (QED) is 0.0265. The minimum absolute atomic E-state index is 0.0271. The summed E-state index contributed by atoms with van der Waals surface area (Å²) in [6, 6.07) is 0. The van der Waals surface area contributed by atoms with Gasteiger partial charge in [-0.25, -0.2) is 0 Å². The van der Waals surface area contributed by atoms with Crippen molar-refractivity contribution in [3.05, 3.63) is 12.2 Å². The Bertz CT molecular complexity index is 886. The molecule has 0 aromatic heterocycles. The molecule has 0 aromatic rings. The lowest BCUT2D eigenvalue weighted by atomic mass is 9.94. The second-order valence-electron chi connectivity index (χ2n) is 16.9. The first kappa shape index (κ1) is 51.6. The fourth-order valence-electron chi connectivity index (χ4n) is 7.66. The van der Waals surface area contributed by atoms with Gasteiger partial charge < -0.3 is 23.8 Å². The summed E-state index contributed by atoms with van der Waals surface area (Å²) in [5.74, 6) is -0.399. The van der Waals surface area contributed by atoms with Crippen LogP contribution in [0.2, 0.25) is 0 Å². The first-order valence-corrected chi connectivity index (χ1v) is 23.8. The van der Waals surface area contributed by atoms with Gasteiger partial charge in [0.1, 0.15) is 12.7 Å². The van der Waals surface area contributed by atoms with Crippen molar-refractivity contribution in [2.45, 2.75) is 244 Å². The monoisotopic (exact) mass is 778 g/mol. The topological polar surface area (TPSA) is 74.3 Å². The van der Waals surface area contributed by atoms with Gasteiger partial charge in [0, 0.05) is 25.7 Å². The van der Waals surface area contributed by atoms with Crippen molar-refractivity contribution in [3.8, 4) is 0 Å². The summed E-state index contributed by atoms with van der Waals surface area (Å²) in [4.78, 5) is 26.7. The lowest BCUT2D eigenvalue weighted by Gasteiger charge is -2.37. The van der Waals surface area contributed by atoms with Crippen molar-refractivity contribution < 1.29 is 28.5 Å². The molecule has 1 saturated carbocycles. The largest absolute Gasteiger partial charge is 0.462 e. The molecule has 1 unspecified atom stereocenters. The Morgan fingerprint density at radius 2 is 1.05 bits per heavy atom. The van der Waals surface area contributed by atoms with Crippen LogP contribution in [-0.4, -0.2) is 69.2 Å². The van der Waals surface area contributed by atoms with Crippen molar-refractivity contribution in [2.24, 2.45) is 0 Å². The van der Waals surface area contributed by atoms with E-state index in [0.717, 1.165) is 103 Å². The van der Waals surface area contributed by atoms with Gasteiger partial charge in [0.2, 0.25) is 0 Å². The smallest absolute Gasteiger partial charge is 0.306 e. The van der Waals surface area contributed by atoms with Crippen LogP contribution in [-0.2, 0) is 28.5 Å². The third-order valence-electron chi connectivity index (χ3n) is 11.2. The van der Waals surface area contributed by atoms with Crippen LogP contribution < -0.4 is 0 Å². The molecule has 0 N–H and O–H groups in total. The van der Waals surface area contributed by atoms with E-state index < -0.39 is 0 Å². The molecule has 0 radical (unpaired) electrons.